The Balaban J connectivity index is 2.23. The zero-order valence-electron chi connectivity index (χ0n) is 12.6. The number of ether oxygens (including phenoxy) is 2. The lowest BCUT2D eigenvalue weighted by atomic mass is 10.1. The van der Waals surface area contributed by atoms with Crippen molar-refractivity contribution in [3.63, 3.8) is 0 Å². The molecule has 0 unspecified atom stereocenters. The smallest absolute Gasteiger partial charge is 0.224 e. The maximum atomic E-state index is 11.7. The molecule has 1 rings (SSSR count). The lowest BCUT2D eigenvalue weighted by Gasteiger charge is -2.07. The lowest BCUT2D eigenvalue weighted by Crippen LogP contribution is -2.11. The Bertz CT molecular complexity index is 396. The zero-order chi connectivity index (χ0) is 15.3. The highest BCUT2D eigenvalue weighted by Gasteiger charge is 2.03. The van der Waals surface area contributed by atoms with Gasteiger partial charge in [-0.15, -0.1) is 0 Å². The van der Waals surface area contributed by atoms with Gasteiger partial charge in [0.15, 0.2) is 0 Å². The number of hydrogen-bond donors (Lipinski definition) is 2. The van der Waals surface area contributed by atoms with Crippen molar-refractivity contribution in [1.29, 1.82) is 0 Å². The molecule has 0 saturated carbocycles. The summed E-state index contributed by atoms with van der Waals surface area (Å²) in [5.74, 6) is 0.532. The summed E-state index contributed by atoms with van der Waals surface area (Å²) in [5, 5.41) is 2.82. The number of carbonyl (C=O) groups is 1. The van der Waals surface area contributed by atoms with E-state index in [0.29, 0.717) is 31.2 Å². The van der Waals surface area contributed by atoms with Gasteiger partial charge in [-0.25, -0.2) is 4.98 Å². The quantitative estimate of drug-likeness (QED) is 0.609. The van der Waals surface area contributed by atoms with Crippen LogP contribution in [0.1, 0.15) is 32.1 Å². The Hall–Kier alpha value is -1.66. The SMILES string of the molecule is COCCOc1ccc(NC(=O)CCCCCCN)cn1. The molecule has 1 amide bonds. The largest absolute Gasteiger partial charge is 0.475 e. The van der Waals surface area contributed by atoms with Gasteiger partial charge in [0.25, 0.3) is 0 Å². The Morgan fingerprint density at radius 2 is 2.05 bits per heavy atom. The van der Waals surface area contributed by atoms with Gasteiger partial charge < -0.3 is 20.5 Å². The van der Waals surface area contributed by atoms with Crippen LogP contribution in [0.2, 0.25) is 0 Å². The number of amides is 1. The molecule has 0 fully saturated rings. The molecule has 21 heavy (non-hydrogen) atoms. The molecular formula is C15H25N3O3. The van der Waals surface area contributed by atoms with Crippen molar-refractivity contribution >= 4 is 11.6 Å². The molecule has 6 heteroatoms. The normalized spacial score (nSPS) is 10.4. The molecule has 0 spiro atoms. The predicted molar refractivity (Wildman–Crippen MR) is 82.4 cm³/mol. The summed E-state index contributed by atoms with van der Waals surface area (Å²) in [5.41, 5.74) is 6.10. The van der Waals surface area contributed by atoms with E-state index in [1.807, 2.05) is 0 Å². The minimum atomic E-state index is 0.0117. The van der Waals surface area contributed by atoms with E-state index in [4.69, 9.17) is 15.2 Å². The van der Waals surface area contributed by atoms with Crippen LogP contribution in [0.15, 0.2) is 18.3 Å². The maximum absolute atomic E-state index is 11.7. The number of nitrogens with zero attached hydrogens (tertiary/aromatic N) is 1. The molecule has 0 aromatic carbocycles. The first-order valence-electron chi connectivity index (χ1n) is 7.34. The van der Waals surface area contributed by atoms with Crippen LogP contribution in [-0.4, -0.2) is 37.8 Å². The molecular weight excluding hydrogens is 270 g/mol. The summed E-state index contributed by atoms with van der Waals surface area (Å²) in [6.07, 6.45) is 6.15. The van der Waals surface area contributed by atoms with E-state index in [0.717, 1.165) is 32.2 Å². The molecule has 3 N–H and O–H groups in total. The first-order chi connectivity index (χ1) is 10.3. The Morgan fingerprint density at radius 3 is 2.71 bits per heavy atom. The number of nitrogens with one attached hydrogen (secondary N) is 1. The number of anilines is 1. The van der Waals surface area contributed by atoms with Gasteiger partial charge >= 0.3 is 0 Å². The van der Waals surface area contributed by atoms with Crippen molar-refractivity contribution in [2.75, 3.05) is 32.2 Å². The van der Waals surface area contributed by atoms with E-state index >= 15 is 0 Å². The minimum Gasteiger partial charge on any atom is -0.475 e. The summed E-state index contributed by atoms with van der Waals surface area (Å²) in [6.45, 7) is 1.69. The van der Waals surface area contributed by atoms with Gasteiger partial charge in [-0.2, -0.15) is 0 Å². The van der Waals surface area contributed by atoms with Crippen LogP contribution in [0.25, 0.3) is 0 Å². The number of carbonyl (C=O) groups excluding carboxylic acids is 1. The van der Waals surface area contributed by atoms with Crippen molar-refractivity contribution in [3.05, 3.63) is 18.3 Å². The van der Waals surface area contributed by atoms with Crippen LogP contribution in [0.3, 0.4) is 0 Å². The van der Waals surface area contributed by atoms with Gasteiger partial charge in [0.05, 0.1) is 18.5 Å². The number of methoxy groups -OCH3 is 1. The van der Waals surface area contributed by atoms with Gasteiger partial charge in [0.1, 0.15) is 6.61 Å². The molecule has 0 saturated heterocycles. The van der Waals surface area contributed by atoms with Gasteiger partial charge in [-0.3, -0.25) is 4.79 Å². The summed E-state index contributed by atoms with van der Waals surface area (Å²) < 4.78 is 10.2. The maximum Gasteiger partial charge on any atom is 0.224 e. The number of unbranched alkanes of at least 4 members (excludes halogenated alkanes) is 3. The van der Waals surface area contributed by atoms with Crippen LogP contribution in [-0.2, 0) is 9.53 Å². The van der Waals surface area contributed by atoms with E-state index in [1.54, 1.807) is 25.4 Å². The topological polar surface area (TPSA) is 86.5 Å². The molecule has 0 aliphatic rings. The number of rotatable bonds is 11. The molecule has 0 aliphatic carbocycles. The van der Waals surface area contributed by atoms with Crippen molar-refractivity contribution in [3.8, 4) is 5.88 Å². The second kappa shape index (κ2) is 11.0. The molecule has 0 bridgehead atoms. The van der Waals surface area contributed by atoms with E-state index in [1.165, 1.54) is 0 Å². The van der Waals surface area contributed by atoms with Crippen LogP contribution in [0, 0.1) is 0 Å². The van der Waals surface area contributed by atoms with Crippen molar-refractivity contribution in [2.24, 2.45) is 5.73 Å². The van der Waals surface area contributed by atoms with Crippen molar-refractivity contribution in [2.45, 2.75) is 32.1 Å². The zero-order valence-corrected chi connectivity index (χ0v) is 12.6. The average molecular weight is 295 g/mol. The second-order valence-corrected chi connectivity index (χ2v) is 4.73. The van der Waals surface area contributed by atoms with E-state index in [2.05, 4.69) is 10.3 Å². The van der Waals surface area contributed by atoms with Crippen molar-refractivity contribution in [1.82, 2.24) is 4.98 Å². The van der Waals surface area contributed by atoms with E-state index in [9.17, 15) is 4.79 Å². The van der Waals surface area contributed by atoms with E-state index in [-0.39, 0.29) is 5.91 Å². The third-order valence-corrected chi connectivity index (χ3v) is 2.92. The fourth-order valence-corrected chi connectivity index (χ4v) is 1.78. The molecule has 0 radical (unpaired) electrons. The standard InChI is InChI=1S/C15H25N3O3/c1-20-10-11-21-15-8-7-13(12-17-15)18-14(19)6-4-2-3-5-9-16/h7-8,12H,2-6,9-11,16H2,1H3,(H,18,19). The average Bonchev–Trinajstić information content (AvgIpc) is 2.49. The summed E-state index contributed by atoms with van der Waals surface area (Å²) >= 11 is 0. The van der Waals surface area contributed by atoms with Crippen molar-refractivity contribution < 1.29 is 14.3 Å². The third kappa shape index (κ3) is 8.27. The fraction of sp³-hybridized carbons (Fsp3) is 0.600. The molecule has 1 heterocycles. The van der Waals surface area contributed by atoms with Crippen LogP contribution >= 0.6 is 0 Å². The molecule has 1 aromatic rings. The number of pyridine rings is 1. The highest BCUT2D eigenvalue weighted by atomic mass is 16.5. The Labute approximate surface area is 126 Å². The molecule has 0 aliphatic heterocycles. The molecule has 1 aromatic heterocycles. The summed E-state index contributed by atoms with van der Waals surface area (Å²) in [4.78, 5) is 15.8. The third-order valence-electron chi connectivity index (χ3n) is 2.92. The summed E-state index contributed by atoms with van der Waals surface area (Å²) in [6, 6.07) is 3.51. The highest BCUT2D eigenvalue weighted by molar-refractivity contribution is 5.90. The number of nitrogens with two attached hydrogens (primary N) is 1. The van der Waals surface area contributed by atoms with Gasteiger partial charge in [0.2, 0.25) is 11.8 Å². The second-order valence-electron chi connectivity index (χ2n) is 4.73. The number of aromatic nitrogens is 1. The highest BCUT2D eigenvalue weighted by Crippen LogP contribution is 2.12. The van der Waals surface area contributed by atoms with Gasteiger partial charge in [-0.05, 0) is 25.5 Å². The van der Waals surface area contributed by atoms with Crippen LogP contribution in [0.4, 0.5) is 5.69 Å². The van der Waals surface area contributed by atoms with Gasteiger partial charge in [-0.1, -0.05) is 12.8 Å². The van der Waals surface area contributed by atoms with Crippen LogP contribution < -0.4 is 15.8 Å². The molecule has 118 valence electrons. The predicted octanol–water partition coefficient (Wildman–Crippen LogP) is 1.95. The van der Waals surface area contributed by atoms with E-state index < -0.39 is 0 Å². The van der Waals surface area contributed by atoms with Gasteiger partial charge in [0, 0.05) is 19.6 Å². The first-order valence-corrected chi connectivity index (χ1v) is 7.34. The molecule has 6 nitrogen and oxygen atoms in total. The summed E-state index contributed by atoms with van der Waals surface area (Å²) in [7, 11) is 1.62. The van der Waals surface area contributed by atoms with Crippen LogP contribution in [0.5, 0.6) is 5.88 Å². The Morgan fingerprint density at radius 1 is 1.24 bits per heavy atom. The monoisotopic (exact) mass is 295 g/mol. The minimum absolute atomic E-state index is 0.0117. The molecule has 0 atom stereocenters. The lowest BCUT2D eigenvalue weighted by molar-refractivity contribution is -0.116. The Kier molecular flexibility index (Phi) is 9.15. The number of hydrogen-bond acceptors (Lipinski definition) is 5. The first kappa shape index (κ1) is 17.4. The fourth-order valence-electron chi connectivity index (χ4n) is 1.78.